The molecule has 144 valence electrons. The van der Waals surface area contributed by atoms with Crippen LogP contribution in [0.2, 0.25) is 0 Å². The maximum Gasteiger partial charge on any atom is 0.245 e. The van der Waals surface area contributed by atoms with Crippen LogP contribution in [0.1, 0.15) is 12.5 Å². The van der Waals surface area contributed by atoms with E-state index in [2.05, 4.69) is 59.9 Å². The Bertz CT molecular complexity index is 933. The average molecular weight is 375 g/mol. The normalized spacial score (nSPS) is 16.1. The van der Waals surface area contributed by atoms with Gasteiger partial charge in [0.2, 0.25) is 5.91 Å². The zero-order chi connectivity index (χ0) is 19.3. The average Bonchev–Trinajstić information content (AvgIpc) is 2.74. The lowest BCUT2D eigenvalue weighted by molar-refractivity contribution is -0.917. The molecule has 28 heavy (non-hydrogen) atoms. The van der Waals surface area contributed by atoms with Crippen molar-refractivity contribution >= 4 is 22.4 Å². The van der Waals surface area contributed by atoms with Gasteiger partial charge < -0.3 is 15.1 Å². The van der Waals surface area contributed by atoms with Gasteiger partial charge in [0.15, 0.2) is 0 Å². The highest BCUT2D eigenvalue weighted by molar-refractivity contribution is 5.88. The van der Waals surface area contributed by atoms with Crippen LogP contribution in [0.3, 0.4) is 0 Å². The number of amides is 1. The number of carbonyl (C=O) groups is 1. The Kier molecular flexibility index (Phi) is 5.58. The monoisotopic (exact) mass is 374 g/mol. The lowest BCUT2D eigenvalue weighted by Gasteiger charge is -2.34. The summed E-state index contributed by atoms with van der Waals surface area (Å²) in [5, 5.41) is 5.78. The van der Waals surface area contributed by atoms with Crippen molar-refractivity contribution in [2.75, 3.05) is 31.5 Å². The van der Waals surface area contributed by atoms with E-state index in [-0.39, 0.29) is 11.9 Å². The Hall–Kier alpha value is -2.85. The summed E-state index contributed by atoms with van der Waals surface area (Å²) in [6, 6.07) is 24.9. The molecule has 4 heteroatoms. The fourth-order valence-electron chi connectivity index (χ4n) is 3.97. The molecule has 0 radical (unpaired) electrons. The summed E-state index contributed by atoms with van der Waals surface area (Å²) in [5.74, 6) is 0.187. The second kappa shape index (κ2) is 8.44. The van der Waals surface area contributed by atoms with Gasteiger partial charge in [-0.15, -0.1) is 0 Å². The van der Waals surface area contributed by atoms with Crippen molar-refractivity contribution in [2.45, 2.75) is 19.5 Å². The Balaban J connectivity index is 1.31. The molecule has 1 fully saturated rings. The molecule has 3 aromatic rings. The van der Waals surface area contributed by atoms with Gasteiger partial charge in [0, 0.05) is 11.3 Å². The highest BCUT2D eigenvalue weighted by Crippen LogP contribution is 2.19. The third-order valence-electron chi connectivity index (χ3n) is 5.58. The molecule has 2 N–H and O–H groups in total. The van der Waals surface area contributed by atoms with Gasteiger partial charge in [0.25, 0.3) is 0 Å². The van der Waals surface area contributed by atoms with Crippen molar-refractivity contribution in [3.63, 3.8) is 0 Å². The first kappa shape index (κ1) is 18.5. The van der Waals surface area contributed by atoms with Crippen molar-refractivity contribution in [3.8, 4) is 0 Å². The maximum absolute atomic E-state index is 12.9. The van der Waals surface area contributed by atoms with E-state index in [0.717, 1.165) is 38.4 Å². The van der Waals surface area contributed by atoms with Crippen LogP contribution in [0, 0.1) is 0 Å². The third-order valence-corrected chi connectivity index (χ3v) is 5.58. The number of piperazine rings is 1. The van der Waals surface area contributed by atoms with Crippen LogP contribution in [0.15, 0.2) is 72.8 Å². The fourth-order valence-corrected chi connectivity index (χ4v) is 3.97. The molecule has 0 unspecified atom stereocenters. The zero-order valence-electron chi connectivity index (χ0n) is 16.4. The van der Waals surface area contributed by atoms with Crippen LogP contribution in [0.25, 0.3) is 10.8 Å². The van der Waals surface area contributed by atoms with Gasteiger partial charge in [-0.1, -0.05) is 60.7 Å². The number of rotatable bonds is 5. The largest absolute Gasteiger partial charge is 0.374 e. The Morgan fingerprint density at radius 3 is 2.39 bits per heavy atom. The Morgan fingerprint density at radius 1 is 0.964 bits per heavy atom. The van der Waals surface area contributed by atoms with E-state index in [9.17, 15) is 4.79 Å². The number of nitrogens with one attached hydrogen (secondary N) is 2. The molecule has 1 aliphatic heterocycles. The van der Waals surface area contributed by atoms with Gasteiger partial charge in [0.05, 0.1) is 26.2 Å². The number of quaternary nitrogens is 1. The fraction of sp³-hybridized carbons (Fsp3) is 0.292. The van der Waals surface area contributed by atoms with Crippen molar-refractivity contribution in [1.29, 1.82) is 0 Å². The van der Waals surface area contributed by atoms with Crippen LogP contribution in [0.4, 0.5) is 5.69 Å². The minimum absolute atomic E-state index is 0.187. The molecule has 4 rings (SSSR count). The van der Waals surface area contributed by atoms with Gasteiger partial charge in [-0.2, -0.15) is 0 Å². The summed E-state index contributed by atoms with van der Waals surface area (Å²) in [6.07, 6.45) is 0. The second-order valence-electron chi connectivity index (χ2n) is 7.67. The molecule has 0 bridgehead atoms. The molecular formula is C24H28N3O+. The summed E-state index contributed by atoms with van der Waals surface area (Å²) < 4.78 is 0. The molecule has 4 nitrogen and oxygen atoms in total. The quantitative estimate of drug-likeness (QED) is 0.720. The van der Waals surface area contributed by atoms with Gasteiger partial charge in [-0.3, -0.25) is 4.79 Å². The Labute approximate surface area is 166 Å². The SMILES string of the molecule is C[C@@H](Nc1ccc2ccccc2c1)C(=O)N1CC[NH+](Cc2ccccc2)CC1. The third kappa shape index (κ3) is 4.34. The first-order chi connectivity index (χ1) is 13.7. The van der Waals surface area contributed by atoms with Crippen LogP contribution in [-0.4, -0.2) is 43.0 Å². The van der Waals surface area contributed by atoms with E-state index in [1.807, 2.05) is 30.0 Å². The summed E-state index contributed by atoms with van der Waals surface area (Å²) in [6.45, 7) is 6.65. The highest BCUT2D eigenvalue weighted by atomic mass is 16.2. The van der Waals surface area contributed by atoms with Crippen molar-refractivity contribution in [2.24, 2.45) is 0 Å². The van der Waals surface area contributed by atoms with Crippen molar-refractivity contribution in [3.05, 3.63) is 78.4 Å². The molecule has 1 amide bonds. The van der Waals surface area contributed by atoms with E-state index >= 15 is 0 Å². The zero-order valence-corrected chi connectivity index (χ0v) is 16.4. The summed E-state index contributed by atoms with van der Waals surface area (Å²) >= 11 is 0. The van der Waals surface area contributed by atoms with E-state index in [0.29, 0.717) is 0 Å². The lowest BCUT2D eigenvalue weighted by atomic mass is 10.1. The van der Waals surface area contributed by atoms with E-state index in [1.54, 1.807) is 4.90 Å². The van der Waals surface area contributed by atoms with Gasteiger partial charge in [-0.05, 0) is 29.8 Å². The number of nitrogens with zero attached hydrogens (tertiary/aromatic N) is 1. The molecule has 1 heterocycles. The van der Waals surface area contributed by atoms with E-state index in [1.165, 1.54) is 16.3 Å². The second-order valence-corrected chi connectivity index (χ2v) is 7.67. The van der Waals surface area contributed by atoms with Crippen LogP contribution >= 0.6 is 0 Å². The molecule has 3 aromatic carbocycles. The van der Waals surface area contributed by atoms with E-state index in [4.69, 9.17) is 0 Å². The number of hydrogen-bond acceptors (Lipinski definition) is 2. The standard InChI is InChI=1S/C24H27N3O/c1-19(25-23-12-11-21-9-5-6-10-22(21)17-23)24(28)27-15-13-26(14-16-27)18-20-7-3-2-4-8-20/h2-12,17,19,25H,13-16,18H2,1H3/p+1/t19-/m1/s1. The molecule has 1 atom stereocenters. The minimum atomic E-state index is -0.225. The van der Waals surface area contributed by atoms with Gasteiger partial charge in [0.1, 0.15) is 12.6 Å². The van der Waals surface area contributed by atoms with Crippen LogP contribution in [-0.2, 0) is 11.3 Å². The van der Waals surface area contributed by atoms with Crippen molar-refractivity contribution in [1.82, 2.24) is 4.90 Å². The first-order valence-electron chi connectivity index (χ1n) is 10.1. The van der Waals surface area contributed by atoms with Crippen LogP contribution < -0.4 is 10.2 Å². The number of hydrogen-bond donors (Lipinski definition) is 2. The lowest BCUT2D eigenvalue weighted by Crippen LogP contribution is -3.13. The van der Waals surface area contributed by atoms with Crippen molar-refractivity contribution < 1.29 is 9.69 Å². The highest BCUT2D eigenvalue weighted by Gasteiger charge is 2.26. The molecule has 0 aliphatic carbocycles. The molecule has 0 aromatic heterocycles. The maximum atomic E-state index is 12.9. The predicted octanol–water partition coefficient (Wildman–Crippen LogP) is 2.57. The smallest absolute Gasteiger partial charge is 0.245 e. The number of anilines is 1. The minimum Gasteiger partial charge on any atom is -0.374 e. The number of carbonyl (C=O) groups excluding carboxylic acids is 1. The van der Waals surface area contributed by atoms with Crippen LogP contribution in [0.5, 0.6) is 0 Å². The number of fused-ring (bicyclic) bond motifs is 1. The summed E-state index contributed by atoms with van der Waals surface area (Å²) in [5.41, 5.74) is 2.36. The van der Waals surface area contributed by atoms with Gasteiger partial charge in [-0.25, -0.2) is 0 Å². The Morgan fingerprint density at radius 2 is 1.64 bits per heavy atom. The first-order valence-corrected chi connectivity index (χ1v) is 10.1. The molecule has 1 aliphatic rings. The molecule has 1 saturated heterocycles. The summed E-state index contributed by atoms with van der Waals surface area (Å²) in [4.78, 5) is 16.4. The topological polar surface area (TPSA) is 36.8 Å². The predicted molar refractivity (Wildman–Crippen MR) is 114 cm³/mol. The summed E-state index contributed by atoms with van der Waals surface area (Å²) in [7, 11) is 0. The molecule has 0 spiro atoms. The van der Waals surface area contributed by atoms with Gasteiger partial charge >= 0.3 is 0 Å². The van der Waals surface area contributed by atoms with E-state index < -0.39 is 0 Å². The number of benzene rings is 3. The molecular weight excluding hydrogens is 346 g/mol. The molecule has 0 saturated carbocycles.